The molecule has 40 heavy (non-hydrogen) atoms. The molecule has 11 heteroatoms. The molecule has 6 atom stereocenters. The molecule has 1 N–H and O–H groups in total. The molecule has 4 aliphatic rings. The standard InChI is InChI=1S/C29H25Cl2FN2O6/c1-3-40-20-6-4-5-18(23(20)35)22-16-11-12-17-21(25(37)33(2)24(17)36)19(16)13-28(30)26(38)34(27(39)29(22,28)31)15-9-7-14(32)8-10-15/h4-11,17,19,21-22,35H,3,12-13H2,1-2H3. The maximum atomic E-state index is 14.3. The van der Waals surface area contributed by atoms with Crippen LogP contribution in [0.25, 0.3) is 0 Å². The van der Waals surface area contributed by atoms with Gasteiger partial charge in [-0.15, -0.1) is 23.2 Å². The van der Waals surface area contributed by atoms with Crippen LogP contribution in [0.1, 0.15) is 31.2 Å². The number of para-hydroxylation sites is 1. The van der Waals surface area contributed by atoms with Gasteiger partial charge in [0.1, 0.15) is 5.82 Å². The topological polar surface area (TPSA) is 104 Å². The second kappa shape index (κ2) is 9.04. The second-order valence-electron chi connectivity index (χ2n) is 10.6. The van der Waals surface area contributed by atoms with Crippen molar-refractivity contribution in [2.45, 2.75) is 35.4 Å². The molecule has 0 aromatic heterocycles. The van der Waals surface area contributed by atoms with Gasteiger partial charge in [-0.3, -0.25) is 24.1 Å². The monoisotopic (exact) mass is 586 g/mol. The van der Waals surface area contributed by atoms with Crippen molar-refractivity contribution in [2.24, 2.45) is 17.8 Å². The summed E-state index contributed by atoms with van der Waals surface area (Å²) in [7, 11) is 1.42. The number of benzene rings is 2. The van der Waals surface area contributed by atoms with Crippen molar-refractivity contribution in [1.82, 2.24) is 4.90 Å². The van der Waals surface area contributed by atoms with Gasteiger partial charge in [-0.1, -0.05) is 23.8 Å². The summed E-state index contributed by atoms with van der Waals surface area (Å²) < 4.78 is 19.3. The Balaban J connectivity index is 1.59. The average Bonchev–Trinajstić information content (AvgIpc) is 3.24. The summed E-state index contributed by atoms with van der Waals surface area (Å²) in [6.45, 7) is 2.00. The smallest absolute Gasteiger partial charge is 0.258 e. The van der Waals surface area contributed by atoms with Crippen LogP contribution in [0.3, 0.4) is 0 Å². The van der Waals surface area contributed by atoms with E-state index in [-0.39, 0.29) is 48.1 Å². The maximum absolute atomic E-state index is 14.3. The summed E-state index contributed by atoms with van der Waals surface area (Å²) in [5.41, 5.74) is 0.834. The average molecular weight is 587 g/mol. The number of alkyl halides is 2. The number of ether oxygens (including phenoxy) is 1. The number of carbonyl (C=O) groups excluding carboxylic acids is 4. The number of phenols is 1. The molecule has 0 spiro atoms. The van der Waals surface area contributed by atoms with Crippen molar-refractivity contribution < 1.29 is 33.4 Å². The molecule has 0 bridgehead atoms. The SMILES string of the molecule is CCOc1cccc(C2C3=CCC4C(=O)N(C)C(=O)C4C3CC3(Cl)C(=O)N(c4ccc(F)cc4)C(=O)C23Cl)c1O. The van der Waals surface area contributed by atoms with Crippen molar-refractivity contribution in [1.29, 1.82) is 0 Å². The van der Waals surface area contributed by atoms with Crippen LogP contribution in [0.2, 0.25) is 0 Å². The highest BCUT2D eigenvalue weighted by Crippen LogP contribution is 2.66. The van der Waals surface area contributed by atoms with Crippen LogP contribution < -0.4 is 9.64 Å². The van der Waals surface area contributed by atoms with Crippen molar-refractivity contribution in [3.63, 3.8) is 0 Å². The molecule has 6 unspecified atom stereocenters. The third-order valence-electron chi connectivity index (χ3n) is 8.76. The zero-order valence-electron chi connectivity index (χ0n) is 21.6. The first-order valence-electron chi connectivity index (χ1n) is 13.0. The molecule has 208 valence electrons. The van der Waals surface area contributed by atoms with Gasteiger partial charge in [0.2, 0.25) is 11.8 Å². The predicted octanol–water partition coefficient (Wildman–Crippen LogP) is 4.12. The molecule has 3 fully saturated rings. The van der Waals surface area contributed by atoms with E-state index in [2.05, 4.69) is 0 Å². The third kappa shape index (κ3) is 3.31. The molecule has 2 aliphatic carbocycles. The summed E-state index contributed by atoms with van der Waals surface area (Å²) in [4.78, 5) is 52.3. The van der Waals surface area contributed by atoms with E-state index < -0.39 is 57.0 Å². The highest BCUT2D eigenvalue weighted by molar-refractivity contribution is 6.58. The van der Waals surface area contributed by atoms with E-state index in [0.717, 1.165) is 21.9 Å². The number of nitrogens with zero attached hydrogens (tertiary/aromatic N) is 2. The molecule has 2 aliphatic heterocycles. The van der Waals surface area contributed by atoms with E-state index in [0.29, 0.717) is 5.57 Å². The van der Waals surface area contributed by atoms with E-state index >= 15 is 0 Å². The molecule has 0 radical (unpaired) electrons. The van der Waals surface area contributed by atoms with Gasteiger partial charge in [0.25, 0.3) is 11.8 Å². The fourth-order valence-electron chi connectivity index (χ4n) is 6.95. The largest absolute Gasteiger partial charge is 0.504 e. The number of halogens is 3. The lowest BCUT2D eigenvalue weighted by molar-refractivity contribution is -0.138. The van der Waals surface area contributed by atoms with Gasteiger partial charge in [-0.05, 0) is 56.0 Å². The van der Waals surface area contributed by atoms with Crippen LogP contribution >= 0.6 is 23.2 Å². The highest BCUT2D eigenvalue weighted by Gasteiger charge is 2.76. The van der Waals surface area contributed by atoms with Gasteiger partial charge in [0.05, 0.1) is 24.1 Å². The van der Waals surface area contributed by atoms with Crippen LogP contribution in [-0.4, -0.2) is 57.0 Å². The van der Waals surface area contributed by atoms with Crippen LogP contribution in [-0.2, 0) is 19.2 Å². The van der Waals surface area contributed by atoms with Crippen LogP contribution in [0.4, 0.5) is 10.1 Å². The van der Waals surface area contributed by atoms with Gasteiger partial charge < -0.3 is 9.84 Å². The summed E-state index contributed by atoms with van der Waals surface area (Å²) in [6, 6.07) is 9.54. The number of fused-ring (bicyclic) bond motifs is 4. The molecule has 6 rings (SSSR count). The molecule has 4 amide bonds. The number of hydrogen-bond acceptors (Lipinski definition) is 6. The van der Waals surface area contributed by atoms with Gasteiger partial charge >= 0.3 is 0 Å². The van der Waals surface area contributed by atoms with E-state index in [4.69, 9.17) is 27.9 Å². The Bertz CT molecular complexity index is 1510. The summed E-state index contributed by atoms with van der Waals surface area (Å²) in [6.07, 6.45) is 1.81. The van der Waals surface area contributed by atoms with Crippen molar-refractivity contribution in [2.75, 3.05) is 18.6 Å². The number of allylic oxidation sites excluding steroid dienone is 2. The summed E-state index contributed by atoms with van der Waals surface area (Å²) >= 11 is 14.5. The fraction of sp³-hybridized carbons (Fsp3) is 0.379. The lowest BCUT2D eigenvalue weighted by atomic mass is 9.56. The van der Waals surface area contributed by atoms with Crippen molar-refractivity contribution in [3.8, 4) is 11.5 Å². The number of rotatable bonds is 4. The van der Waals surface area contributed by atoms with E-state index in [1.807, 2.05) is 0 Å². The van der Waals surface area contributed by atoms with E-state index in [1.54, 1.807) is 31.2 Å². The van der Waals surface area contributed by atoms with Crippen LogP contribution in [0.5, 0.6) is 11.5 Å². The summed E-state index contributed by atoms with van der Waals surface area (Å²) in [5.74, 6) is -6.38. The van der Waals surface area contributed by atoms with Crippen molar-refractivity contribution >= 4 is 52.5 Å². The number of phenolic OH excluding ortho intramolecular Hbond substituents is 1. The van der Waals surface area contributed by atoms with E-state index in [1.165, 1.54) is 19.2 Å². The van der Waals surface area contributed by atoms with Crippen LogP contribution in [0, 0.1) is 23.6 Å². The Labute approximate surface area is 239 Å². The predicted molar refractivity (Wildman–Crippen MR) is 144 cm³/mol. The number of hydrogen-bond donors (Lipinski definition) is 1. The highest BCUT2D eigenvalue weighted by atomic mass is 35.5. The Morgan fingerprint density at radius 3 is 2.40 bits per heavy atom. The van der Waals surface area contributed by atoms with Gasteiger partial charge in [0, 0.05) is 18.5 Å². The molecule has 2 aromatic rings. The number of anilines is 1. The number of aromatic hydroxyl groups is 1. The molecular formula is C29H25Cl2FN2O6. The molecule has 8 nitrogen and oxygen atoms in total. The molecule has 2 saturated heterocycles. The Morgan fingerprint density at radius 2 is 1.73 bits per heavy atom. The zero-order valence-corrected chi connectivity index (χ0v) is 23.1. The minimum atomic E-state index is -2.13. The lowest BCUT2D eigenvalue weighted by Gasteiger charge is -2.50. The quantitative estimate of drug-likeness (QED) is 0.328. The summed E-state index contributed by atoms with van der Waals surface area (Å²) in [5, 5.41) is 11.3. The first-order valence-corrected chi connectivity index (χ1v) is 13.7. The first-order chi connectivity index (χ1) is 19.0. The zero-order chi connectivity index (χ0) is 28.7. The number of likely N-dealkylation sites (tertiary alicyclic amines) is 1. The normalized spacial score (nSPS) is 33.1. The Hall–Kier alpha value is -3.43. The lowest BCUT2D eigenvalue weighted by Crippen LogP contribution is -2.60. The number of amides is 4. The molecule has 1 saturated carbocycles. The van der Waals surface area contributed by atoms with Gasteiger partial charge in [-0.2, -0.15) is 0 Å². The molecule has 2 heterocycles. The molecular weight excluding hydrogens is 562 g/mol. The van der Waals surface area contributed by atoms with E-state index in [9.17, 15) is 28.7 Å². The molecule has 2 aromatic carbocycles. The minimum absolute atomic E-state index is 0.0820. The maximum Gasteiger partial charge on any atom is 0.258 e. The third-order valence-corrected chi connectivity index (χ3v) is 10.2. The van der Waals surface area contributed by atoms with Crippen LogP contribution in [0.15, 0.2) is 54.1 Å². The van der Waals surface area contributed by atoms with Gasteiger partial charge in [0.15, 0.2) is 21.2 Å². The first kappa shape index (κ1) is 26.8. The Kier molecular flexibility index (Phi) is 6.05. The number of carbonyl (C=O) groups is 4. The minimum Gasteiger partial charge on any atom is -0.504 e. The van der Waals surface area contributed by atoms with Gasteiger partial charge in [-0.25, -0.2) is 9.29 Å². The second-order valence-corrected chi connectivity index (χ2v) is 11.9. The van der Waals surface area contributed by atoms with Crippen molar-refractivity contribution in [3.05, 3.63) is 65.5 Å². The number of imide groups is 2. The Morgan fingerprint density at radius 1 is 1.02 bits per heavy atom. The fourth-order valence-corrected chi connectivity index (χ4v) is 7.87.